The topological polar surface area (TPSA) is 24.9 Å². The summed E-state index contributed by atoms with van der Waals surface area (Å²) < 4.78 is 13.1. The van der Waals surface area contributed by atoms with Crippen LogP contribution in [0.15, 0.2) is 18.5 Å². The molecule has 3 heteroatoms. The van der Waals surface area contributed by atoms with Crippen LogP contribution in [0.2, 0.25) is 0 Å². The highest BCUT2D eigenvalue weighted by molar-refractivity contribution is 5.14. The first-order valence-corrected chi connectivity index (χ1v) is 6.33. The molecule has 1 fully saturated rings. The molecule has 2 nitrogen and oxygen atoms in total. The van der Waals surface area contributed by atoms with E-state index in [2.05, 4.69) is 31.1 Å². The minimum Gasteiger partial charge on any atom is -0.307 e. The molecule has 94 valence electrons. The van der Waals surface area contributed by atoms with Gasteiger partial charge in [-0.25, -0.2) is 4.39 Å². The van der Waals surface area contributed by atoms with E-state index in [4.69, 9.17) is 0 Å². The molecular formula is C14H21FN2. The fraction of sp³-hybridized carbons (Fsp3) is 0.643. The zero-order chi connectivity index (χ0) is 12.5. The first-order valence-electron chi connectivity index (χ1n) is 6.33. The highest BCUT2D eigenvalue weighted by atomic mass is 19.1. The van der Waals surface area contributed by atoms with Gasteiger partial charge in [-0.2, -0.15) is 0 Å². The van der Waals surface area contributed by atoms with Crippen LogP contribution in [-0.4, -0.2) is 11.0 Å². The van der Waals surface area contributed by atoms with Gasteiger partial charge in [-0.05, 0) is 43.2 Å². The molecule has 1 heterocycles. The lowest BCUT2D eigenvalue weighted by Crippen LogP contribution is -2.30. The number of aromatic nitrogens is 1. The number of hydrogen-bond acceptors (Lipinski definition) is 2. The minimum absolute atomic E-state index is 0.164. The number of nitrogens with zero attached hydrogens (tertiary/aromatic N) is 1. The molecule has 1 N–H and O–H groups in total. The summed E-state index contributed by atoms with van der Waals surface area (Å²) in [4.78, 5) is 3.89. The van der Waals surface area contributed by atoms with Crippen LogP contribution in [0, 0.1) is 11.2 Å². The zero-order valence-corrected chi connectivity index (χ0v) is 10.8. The summed E-state index contributed by atoms with van der Waals surface area (Å²) in [5.74, 6) is -0.261. The molecule has 1 aliphatic rings. The van der Waals surface area contributed by atoms with Gasteiger partial charge in [0.2, 0.25) is 0 Å². The van der Waals surface area contributed by atoms with E-state index in [1.165, 1.54) is 25.5 Å². The maximum atomic E-state index is 13.1. The third-order valence-electron chi connectivity index (χ3n) is 3.68. The van der Waals surface area contributed by atoms with Gasteiger partial charge in [0.05, 0.1) is 6.20 Å². The van der Waals surface area contributed by atoms with Crippen LogP contribution < -0.4 is 5.32 Å². The second kappa shape index (κ2) is 4.73. The SMILES string of the molecule is CC(NC1CCC(C)(C)C1)c1cncc(F)c1. The molecule has 2 rings (SSSR count). The van der Waals surface area contributed by atoms with Crippen molar-refractivity contribution in [1.82, 2.24) is 10.3 Å². The summed E-state index contributed by atoms with van der Waals surface area (Å²) in [6.45, 7) is 6.69. The first-order chi connectivity index (χ1) is 7.96. The summed E-state index contributed by atoms with van der Waals surface area (Å²) >= 11 is 0. The van der Waals surface area contributed by atoms with Gasteiger partial charge in [0.15, 0.2) is 0 Å². The predicted octanol–water partition coefficient (Wildman–Crippen LogP) is 3.45. The van der Waals surface area contributed by atoms with Crippen molar-refractivity contribution in [3.05, 3.63) is 29.8 Å². The van der Waals surface area contributed by atoms with Gasteiger partial charge in [-0.1, -0.05) is 13.8 Å². The van der Waals surface area contributed by atoms with E-state index >= 15 is 0 Å². The largest absolute Gasteiger partial charge is 0.307 e. The molecule has 1 aromatic rings. The van der Waals surface area contributed by atoms with Crippen LogP contribution in [0.5, 0.6) is 0 Å². The highest BCUT2D eigenvalue weighted by Crippen LogP contribution is 2.37. The number of rotatable bonds is 3. The smallest absolute Gasteiger partial charge is 0.141 e. The molecule has 1 aromatic heterocycles. The second-order valence-corrected chi connectivity index (χ2v) is 5.93. The minimum atomic E-state index is -0.261. The summed E-state index contributed by atoms with van der Waals surface area (Å²) in [5.41, 5.74) is 1.37. The van der Waals surface area contributed by atoms with Gasteiger partial charge >= 0.3 is 0 Å². The standard InChI is InChI=1S/C14H21FN2/c1-10(11-6-12(15)9-16-8-11)17-13-4-5-14(2,3)7-13/h6,8-10,13,17H,4-5,7H2,1-3H3. The average Bonchev–Trinajstić information content (AvgIpc) is 2.58. The Hall–Kier alpha value is -0.960. The van der Waals surface area contributed by atoms with E-state index in [-0.39, 0.29) is 11.9 Å². The Morgan fingerprint density at radius 3 is 2.82 bits per heavy atom. The average molecular weight is 236 g/mol. The summed E-state index contributed by atoms with van der Waals surface area (Å²) in [6, 6.07) is 2.27. The van der Waals surface area contributed by atoms with Gasteiger partial charge < -0.3 is 5.32 Å². The molecular weight excluding hydrogens is 215 g/mol. The molecule has 0 aromatic carbocycles. The molecule has 0 spiro atoms. The maximum absolute atomic E-state index is 13.1. The zero-order valence-electron chi connectivity index (χ0n) is 10.8. The van der Waals surface area contributed by atoms with Crippen molar-refractivity contribution in [3.8, 4) is 0 Å². The van der Waals surface area contributed by atoms with Crippen molar-refractivity contribution >= 4 is 0 Å². The van der Waals surface area contributed by atoms with Crippen LogP contribution in [0.1, 0.15) is 51.6 Å². The van der Waals surface area contributed by atoms with Crippen LogP contribution in [-0.2, 0) is 0 Å². The maximum Gasteiger partial charge on any atom is 0.141 e. The van der Waals surface area contributed by atoms with Gasteiger partial charge in [-0.15, -0.1) is 0 Å². The molecule has 0 saturated heterocycles. The van der Waals surface area contributed by atoms with Crippen molar-refractivity contribution in [2.45, 2.75) is 52.1 Å². The molecule has 0 bridgehead atoms. The number of hydrogen-bond donors (Lipinski definition) is 1. The van der Waals surface area contributed by atoms with Crippen LogP contribution in [0.25, 0.3) is 0 Å². The molecule has 2 atom stereocenters. The Balaban J connectivity index is 1.96. The Kier molecular flexibility index (Phi) is 3.48. The fourth-order valence-electron chi connectivity index (χ4n) is 2.69. The van der Waals surface area contributed by atoms with E-state index in [1.54, 1.807) is 12.3 Å². The van der Waals surface area contributed by atoms with Crippen molar-refractivity contribution in [2.24, 2.45) is 5.41 Å². The normalized spacial score (nSPS) is 24.8. The van der Waals surface area contributed by atoms with Crippen molar-refractivity contribution in [3.63, 3.8) is 0 Å². The summed E-state index contributed by atoms with van der Waals surface area (Å²) in [5, 5.41) is 3.57. The van der Waals surface area contributed by atoms with Crippen molar-refractivity contribution in [1.29, 1.82) is 0 Å². The molecule has 2 unspecified atom stereocenters. The second-order valence-electron chi connectivity index (χ2n) is 5.93. The molecule has 1 saturated carbocycles. The Morgan fingerprint density at radius 1 is 1.47 bits per heavy atom. The Labute approximate surface area is 103 Å². The molecule has 17 heavy (non-hydrogen) atoms. The molecule has 0 radical (unpaired) electrons. The van der Waals surface area contributed by atoms with Crippen LogP contribution in [0.4, 0.5) is 4.39 Å². The Bertz CT molecular complexity index is 390. The predicted molar refractivity (Wildman–Crippen MR) is 67.2 cm³/mol. The lowest BCUT2D eigenvalue weighted by molar-refractivity contribution is 0.356. The van der Waals surface area contributed by atoms with E-state index in [0.29, 0.717) is 11.5 Å². The van der Waals surface area contributed by atoms with Crippen molar-refractivity contribution < 1.29 is 4.39 Å². The van der Waals surface area contributed by atoms with Crippen molar-refractivity contribution in [2.75, 3.05) is 0 Å². The first kappa shape index (κ1) is 12.5. The van der Waals surface area contributed by atoms with E-state index in [1.807, 2.05) is 0 Å². The molecule has 0 aliphatic heterocycles. The third kappa shape index (κ3) is 3.25. The monoisotopic (exact) mass is 236 g/mol. The Morgan fingerprint density at radius 2 is 2.24 bits per heavy atom. The quantitative estimate of drug-likeness (QED) is 0.869. The van der Waals surface area contributed by atoms with Gasteiger partial charge in [0.1, 0.15) is 5.82 Å². The van der Waals surface area contributed by atoms with Crippen LogP contribution >= 0.6 is 0 Å². The van der Waals surface area contributed by atoms with Crippen LogP contribution in [0.3, 0.4) is 0 Å². The van der Waals surface area contributed by atoms with E-state index < -0.39 is 0 Å². The van der Waals surface area contributed by atoms with Gasteiger partial charge in [0, 0.05) is 18.3 Å². The van der Waals surface area contributed by atoms with Gasteiger partial charge in [-0.3, -0.25) is 4.98 Å². The van der Waals surface area contributed by atoms with E-state index in [0.717, 1.165) is 5.56 Å². The summed E-state index contributed by atoms with van der Waals surface area (Å²) in [6.07, 6.45) is 6.65. The molecule has 0 amide bonds. The lowest BCUT2D eigenvalue weighted by Gasteiger charge is -2.21. The number of halogens is 1. The summed E-state index contributed by atoms with van der Waals surface area (Å²) in [7, 11) is 0. The highest BCUT2D eigenvalue weighted by Gasteiger charge is 2.31. The lowest BCUT2D eigenvalue weighted by atomic mass is 9.91. The third-order valence-corrected chi connectivity index (χ3v) is 3.68. The van der Waals surface area contributed by atoms with E-state index in [9.17, 15) is 4.39 Å². The number of pyridine rings is 1. The number of nitrogens with one attached hydrogen (secondary N) is 1. The molecule has 1 aliphatic carbocycles. The van der Waals surface area contributed by atoms with Gasteiger partial charge in [0.25, 0.3) is 0 Å². The fourth-order valence-corrected chi connectivity index (χ4v) is 2.69.